The lowest BCUT2D eigenvalue weighted by Gasteiger charge is -2.24. The first-order valence-corrected chi connectivity index (χ1v) is 8.71. The van der Waals surface area contributed by atoms with Crippen LogP contribution in [0, 0.1) is 6.92 Å². The third-order valence-corrected chi connectivity index (χ3v) is 3.95. The summed E-state index contributed by atoms with van der Waals surface area (Å²) in [5.41, 5.74) is 3.18. The van der Waals surface area contributed by atoms with Gasteiger partial charge in [0.1, 0.15) is 5.82 Å². The Kier molecular flexibility index (Phi) is 6.17. The number of hydrogen-bond donors (Lipinski definition) is 1. The predicted octanol–water partition coefficient (Wildman–Crippen LogP) is 4.18. The van der Waals surface area contributed by atoms with Gasteiger partial charge in [0.05, 0.1) is 13.2 Å². The van der Waals surface area contributed by atoms with E-state index in [4.69, 9.17) is 9.72 Å². The molecule has 0 aliphatic rings. The van der Waals surface area contributed by atoms with Gasteiger partial charge in [-0.15, -0.1) is 0 Å². The fourth-order valence-electron chi connectivity index (χ4n) is 2.70. The van der Waals surface area contributed by atoms with Crippen molar-refractivity contribution in [1.82, 2.24) is 9.97 Å². The normalized spacial score (nSPS) is 10.5. The van der Waals surface area contributed by atoms with Gasteiger partial charge in [0.2, 0.25) is 5.95 Å². The summed E-state index contributed by atoms with van der Waals surface area (Å²) in [5.74, 6) is 1.48. The molecule has 1 heterocycles. The molecule has 0 saturated carbocycles. The van der Waals surface area contributed by atoms with Crippen molar-refractivity contribution in [3.05, 3.63) is 78.0 Å². The number of ether oxygens (including phenoxy) is 1. The first-order valence-electron chi connectivity index (χ1n) is 8.71. The van der Waals surface area contributed by atoms with Crippen LogP contribution in [0.3, 0.4) is 0 Å². The van der Waals surface area contributed by atoms with Crippen molar-refractivity contribution in [1.29, 1.82) is 0 Å². The Hall–Kier alpha value is -2.92. The van der Waals surface area contributed by atoms with Crippen LogP contribution in [0.5, 0.6) is 0 Å². The Morgan fingerprint density at radius 3 is 2.35 bits per heavy atom. The zero-order chi connectivity index (χ0) is 18.2. The Labute approximate surface area is 154 Å². The van der Waals surface area contributed by atoms with E-state index in [1.165, 1.54) is 5.56 Å². The minimum Gasteiger partial charge on any atom is -0.383 e. The van der Waals surface area contributed by atoms with Gasteiger partial charge in [-0.1, -0.05) is 48.5 Å². The summed E-state index contributed by atoms with van der Waals surface area (Å²) in [6.07, 6.45) is 0. The number of nitrogens with one attached hydrogen (secondary N) is 1. The highest BCUT2D eigenvalue weighted by Crippen LogP contribution is 2.25. The maximum Gasteiger partial charge on any atom is 0.232 e. The highest BCUT2D eigenvalue weighted by atomic mass is 16.5. The van der Waals surface area contributed by atoms with Crippen LogP contribution in [0.2, 0.25) is 0 Å². The molecule has 26 heavy (non-hydrogen) atoms. The number of hydrogen-bond acceptors (Lipinski definition) is 5. The summed E-state index contributed by atoms with van der Waals surface area (Å²) >= 11 is 0. The van der Waals surface area contributed by atoms with Crippen molar-refractivity contribution < 1.29 is 4.74 Å². The molecule has 0 spiro atoms. The molecule has 0 fully saturated rings. The standard InChI is InChI=1S/C21H24N4O/c1-17-15-20(22-13-14-26-2)24-21(23-17)25(19-11-7-4-8-12-19)16-18-9-5-3-6-10-18/h3-12,15H,13-14,16H2,1-2H3,(H,22,23,24). The lowest BCUT2D eigenvalue weighted by Crippen LogP contribution is -2.20. The van der Waals surface area contributed by atoms with Gasteiger partial charge in [-0.25, -0.2) is 4.98 Å². The minimum absolute atomic E-state index is 0.630. The Balaban J connectivity index is 1.93. The van der Waals surface area contributed by atoms with Gasteiger partial charge in [0.25, 0.3) is 0 Å². The van der Waals surface area contributed by atoms with E-state index in [9.17, 15) is 0 Å². The monoisotopic (exact) mass is 348 g/mol. The molecule has 0 amide bonds. The maximum atomic E-state index is 5.10. The van der Waals surface area contributed by atoms with Crippen molar-refractivity contribution in [3.8, 4) is 0 Å². The Bertz CT molecular complexity index is 809. The van der Waals surface area contributed by atoms with Crippen molar-refractivity contribution in [2.24, 2.45) is 0 Å². The second kappa shape index (κ2) is 8.97. The lowest BCUT2D eigenvalue weighted by molar-refractivity contribution is 0.210. The van der Waals surface area contributed by atoms with Gasteiger partial charge in [-0.3, -0.25) is 0 Å². The third-order valence-electron chi connectivity index (χ3n) is 3.95. The fourth-order valence-corrected chi connectivity index (χ4v) is 2.70. The summed E-state index contributed by atoms with van der Waals surface area (Å²) in [5, 5.41) is 3.29. The zero-order valence-electron chi connectivity index (χ0n) is 15.2. The number of aromatic nitrogens is 2. The highest BCUT2D eigenvalue weighted by molar-refractivity contribution is 5.59. The molecule has 134 valence electrons. The molecule has 0 unspecified atom stereocenters. The second-order valence-corrected chi connectivity index (χ2v) is 6.02. The number of para-hydroxylation sites is 1. The third kappa shape index (κ3) is 4.80. The van der Waals surface area contributed by atoms with Gasteiger partial charge in [-0.05, 0) is 24.6 Å². The van der Waals surface area contributed by atoms with Gasteiger partial charge in [0.15, 0.2) is 0 Å². The molecular formula is C21H24N4O. The largest absolute Gasteiger partial charge is 0.383 e. The van der Waals surface area contributed by atoms with Gasteiger partial charge in [-0.2, -0.15) is 4.98 Å². The molecule has 2 aromatic carbocycles. The van der Waals surface area contributed by atoms with E-state index in [0.717, 1.165) is 17.2 Å². The summed E-state index contributed by atoms with van der Waals surface area (Å²) in [6, 6.07) is 22.5. The summed E-state index contributed by atoms with van der Waals surface area (Å²) < 4.78 is 5.10. The molecule has 3 aromatic rings. The van der Waals surface area contributed by atoms with Crippen LogP contribution in [0.25, 0.3) is 0 Å². The number of anilines is 3. The molecule has 1 aromatic heterocycles. The van der Waals surface area contributed by atoms with E-state index in [1.54, 1.807) is 7.11 Å². The number of nitrogens with zero attached hydrogens (tertiary/aromatic N) is 3. The fraction of sp³-hybridized carbons (Fsp3) is 0.238. The Morgan fingerprint density at radius 1 is 0.962 bits per heavy atom. The van der Waals surface area contributed by atoms with Crippen LogP contribution in [0.4, 0.5) is 17.5 Å². The number of rotatable bonds is 8. The molecule has 5 heteroatoms. The van der Waals surface area contributed by atoms with Crippen molar-refractivity contribution in [3.63, 3.8) is 0 Å². The lowest BCUT2D eigenvalue weighted by atomic mass is 10.2. The van der Waals surface area contributed by atoms with Crippen LogP contribution < -0.4 is 10.2 Å². The number of aryl methyl sites for hydroxylation is 1. The first-order chi connectivity index (χ1) is 12.8. The SMILES string of the molecule is COCCNc1cc(C)nc(N(Cc2ccccc2)c2ccccc2)n1. The molecule has 1 N–H and O–H groups in total. The average molecular weight is 348 g/mol. The number of benzene rings is 2. The van der Waals surface area contributed by atoms with Gasteiger partial charge >= 0.3 is 0 Å². The van der Waals surface area contributed by atoms with E-state index in [1.807, 2.05) is 49.4 Å². The minimum atomic E-state index is 0.630. The molecule has 5 nitrogen and oxygen atoms in total. The van der Waals surface area contributed by atoms with E-state index in [-0.39, 0.29) is 0 Å². The van der Waals surface area contributed by atoms with Crippen LogP contribution in [0.1, 0.15) is 11.3 Å². The molecule has 0 radical (unpaired) electrons. The number of methoxy groups -OCH3 is 1. The highest BCUT2D eigenvalue weighted by Gasteiger charge is 2.14. The smallest absolute Gasteiger partial charge is 0.232 e. The second-order valence-electron chi connectivity index (χ2n) is 6.02. The van der Waals surface area contributed by atoms with Crippen molar-refractivity contribution in [2.45, 2.75) is 13.5 Å². The molecule has 0 saturated heterocycles. The van der Waals surface area contributed by atoms with Crippen LogP contribution in [-0.2, 0) is 11.3 Å². The van der Waals surface area contributed by atoms with Crippen LogP contribution in [-0.4, -0.2) is 30.2 Å². The van der Waals surface area contributed by atoms with Crippen LogP contribution in [0.15, 0.2) is 66.7 Å². The summed E-state index contributed by atoms with van der Waals surface area (Å²) in [7, 11) is 1.69. The van der Waals surface area contributed by atoms with E-state index < -0.39 is 0 Å². The molecule has 3 rings (SSSR count). The van der Waals surface area contributed by atoms with Crippen LogP contribution >= 0.6 is 0 Å². The predicted molar refractivity (Wildman–Crippen MR) is 106 cm³/mol. The Morgan fingerprint density at radius 2 is 1.65 bits per heavy atom. The summed E-state index contributed by atoms with van der Waals surface area (Å²) in [4.78, 5) is 11.5. The van der Waals surface area contributed by atoms with Gasteiger partial charge < -0.3 is 15.0 Å². The molecule has 0 aliphatic heterocycles. The molecule has 0 aliphatic carbocycles. The summed E-state index contributed by atoms with van der Waals surface area (Å²) in [6.45, 7) is 4.02. The average Bonchev–Trinajstić information content (AvgIpc) is 2.67. The van der Waals surface area contributed by atoms with E-state index in [2.05, 4.69) is 39.5 Å². The quantitative estimate of drug-likeness (QED) is 0.619. The maximum absolute atomic E-state index is 5.10. The zero-order valence-corrected chi connectivity index (χ0v) is 15.2. The van der Waals surface area contributed by atoms with E-state index >= 15 is 0 Å². The molecule has 0 atom stereocenters. The van der Waals surface area contributed by atoms with Crippen molar-refractivity contribution in [2.75, 3.05) is 30.5 Å². The topological polar surface area (TPSA) is 50.3 Å². The van der Waals surface area contributed by atoms with Crippen molar-refractivity contribution >= 4 is 17.5 Å². The molecular weight excluding hydrogens is 324 g/mol. The van der Waals surface area contributed by atoms with E-state index in [0.29, 0.717) is 25.6 Å². The first kappa shape index (κ1) is 17.9. The van der Waals surface area contributed by atoms with Gasteiger partial charge in [0, 0.05) is 31.1 Å². The molecule has 0 bridgehead atoms.